The van der Waals surface area contributed by atoms with E-state index >= 15 is 0 Å². The summed E-state index contributed by atoms with van der Waals surface area (Å²) in [4.78, 5) is 21.0. The molecule has 5 heteroatoms. The molecule has 3 N–H and O–H groups in total. The van der Waals surface area contributed by atoms with Gasteiger partial charge >= 0.3 is 6.03 Å². The van der Waals surface area contributed by atoms with E-state index in [2.05, 4.69) is 0 Å². The second-order valence-corrected chi connectivity index (χ2v) is 2.20. The summed E-state index contributed by atoms with van der Waals surface area (Å²) in [5, 5.41) is 1.88. The number of primary amides is 1. The number of carbonyl (C=O) groups is 2. The summed E-state index contributed by atoms with van der Waals surface area (Å²) in [5.41, 5.74) is 4.71. The highest BCUT2D eigenvalue weighted by atomic mass is 16.3. The van der Waals surface area contributed by atoms with Crippen molar-refractivity contribution in [3.63, 3.8) is 0 Å². The standard InChI is InChI=1S/C8H8N2O3/c9-8(12)10-7(11)4-3-6-2-1-5-13-6/h1-5H,(H3,9,10,11,12)/b4-3-. The molecule has 0 atom stereocenters. The van der Waals surface area contributed by atoms with Gasteiger partial charge in [0.25, 0.3) is 5.91 Å². The first-order chi connectivity index (χ1) is 6.18. The van der Waals surface area contributed by atoms with Crippen molar-refractivity contribution in [1.29, 1.82) is 0 Å². The Bertz CT molecular complexity index is 327. The molecule has 1 heterocycles. The first-order valence-corrected chi connectivity index (χ1v) is 3.50. The van der Waals surface area contributed by atoms with Crippen LogP contribution in [0.4, 0.5) is 4.79 Å². The van der Waals surface area contributed by atoms with Crippen LogP contribution in [-0.2, 0) is 4.79 Å². The second kappa shape index (κ2) is 4.10. The monoisotopic (exact) mass is 180 g/mol. The maximum absolute atomic E-state index is 10.8. The normalized spacial score (nSPS) is 10.2. The van der Waals surface area contributed by atoms with Gasteiger partial charge in [-0.2, -0.15) is 0 Å². The van der Waals surface area contributed by atoms with Crippen molar-refractivity contribution in [2.24, 2.45) is 5.73 Å². The number of hydrogen-bond acceptors (Lipinski definition) is 3. The van der Waals surface area contributed by atoms with Crippen molar-refractivity contribution in [2.75, 3.05) is 0 Å². The van der Waals surface area contributed by atoms with Crippen molar-refractivity contribution >= 4 is 18.0 Å². The topological polar surface area (TPSA) is 85.3 Å². The number of imide groups is 1. The minimum atomic E-state index is -0.880. The molecule has 1 aromatic rings. The van der Waals surface area contributed by atoms with Gasteiger partial charge in [0.05, 0.1) is 6.26 Å². The van der Waals surface area contributed by atoms with Crippen molar-refractivity contribution < 1.29 is 14.0 Å². The molecule has 1 rings (SSSR count). The summed E-state index contributed by atoms with van der Waals surface area (Å²) in [7, 11) is 0. The average Bonchev–Trinajstić information content (AvgIpc) is 2.51. The SMILES string of the molecule is NC(=O)NC(=O)/C=C\c1ccco1. The Morgan fingerprint density at radius 2 is 2.31 bits per heavy atom. The molecule has 13 heavy (non-hydrogen) atoms. The van der Waals surface area contributed by atoms with E-state index in [1.807, 2.05) is 5.32 Å². The fraction of sp³-hybridized carbons (Fsp3) is 0. The van der Waals surface area contributed by atoms with E-state index < -0.39 is 11.9 Å². The van der Waals surface area contributed by atoms with Crippen molar-refractivity contribution in [1.82, 2.24) is 5.32 Å². The third kappa shape index (κ3) is 3.24. The molecule has 0 fully saturated rings. The van der Waals surface area contributed by atoms with Gasteiger partial charge in [-0.05, 0) is 18.2 Å². The average molecular weight is 180 g/mol. The van der Waals surface area contributed by atoms with Crippen LogP contribution in [-0.4, -0.2) is 11.9 Å². The van der Waals surface area contributed by atoms with Crippen LogP contribution in [0.3, 0.4) is 0 Å². The van der Waals surface area contributed by atoms with E-state index in [-0.39, 0.29) is 0 Å². The Hall–Kier alpha value is -2.04. The lowest BCUT2D eigenvalue weighted by molar-refractivity contribution is -0.115. The zero-order valence-electron chi connectivity index (χ0n) is 6.69. The Balaban J connectivity index is 2.49. The Morgan fingerprint density at radius 3 is 2.85 bits per heavy atom. The minimum Gasteiger partial charge on any atom is -0.465 e. The zero-order valence-corrected chi connectivity index (χ0v) is 6.69. The van der Waals surface area contributed by atoms with Crippen molar-refractivity contribution in [3.05, 3.63) is 30.2 Å². The number of nitrogens with two attached hydrogens (primary N) is 1. The van der Waals surface area contributed by atoms with Crippen LogP contribution >= 0.6 is 0 Å². The molecule has 68 valence electrons. The fourth-order valence-electron chi connectivity index (χ4n) is 0.707. The smallest absolute Gasteiger partial charge is 0.319 e. The van der Waals surface area contributed by atoms with Crippen molar-refractivity contribution in [3.8, 4) is 0 Å². The predicted octanol–water partition coefficient (Wildman–Crippen LogP) is 0.488. The van der Waals surface area contributed by atoms with Crippen LogP contribution in [0.1, 0.15) is 5.76 Å². The van der Waals surface area contributed by atoms with Gasteiger partial charge in [0.15, 0.2) is 0 Å². The molecular formula is C8H8N2O3. The largest absolute Gasteiger partial charge is 0.465 e. The number of rotatable bonds is 2. The molecule has 0 saturated carbocycles. The predicted molar refractivity (Wildman–Crippen MR) is 45.5 cm³/mol. The molecule has 0 unspecified atom stereocenters. The summed E-state index contributed by atoms with van der Waals surface area (Å²) in [6, 6.07) is 2.48. The maximum atomic E-state index is 10.8. The first kappa shape index (κ1) is 9.05. The van der Waals surface area contributed by atoms with Gasteiger partial charge in [0.1, 0.15) is 5.76 Å². The highest BCUT2D eigenvalue weighted by Gasteiger charge is 1.98. The summed E-state index contributed by atoms with van der Waals surface area (Å²) in [5.74, 6) is -0.0523. The van der Waals surface area contributed by atoms with E-state index in [1.165, 1.54) is 12.3 Å². The van der Waals surface area contributed by atoms with Crippen LogP contribution in [0, 0.1) is 0 Å². The molecule has 0 radical (unpaired) electrons. The molecule has 0 spiro atoms. The molecule has 0 aliphatic rings. The molecule has 5 nitrogen and oxygen atoms in total. The van der Waals surface area contributed by atoms with E-state index in [1.54, 1.807) is 12.1 Å². The summed E-state index contributed by atoms with van der Waals surface area (Å²) in [6.07, 6.45) is 4.06. The molecule has 0 aromatic carbocycles. The maximum Gasteiger partial charge on any atom is 0.319 e. The van der Waals surface area contributed by atoms with Gasteiger partial charge < -0.3 is 10.2 Å². The van der Waals surface area contributed by atoms with Gasteiger partial charge in [0.2, 0.25) is 0 Å². The van der Waals surface area contributed by atoms with Crippen LogP contribution < -0.4 is 11.1 Å². The van der Waals surface area contributed by atoms with Crippen LogP contribution in [0.25, 0.3) is 6.08 Å². The summed E-state index contributed by atoms with van der Waals surface area (Å²) < 4.78 is 4.91. The molecule has 0 aliphatic heterocycles. The number of nitrogens with one attached hydrogen (secondary N) is 1. The number of furan rings is 1. The zero-order chi connectivity index (χ0) is 9.68. The van der Waals surface area contributed by atoms with Crippen molar-refractivity contribution in [2.45, 2.75) is 0 Å². The molecular weight excluding hydrogens is 172 g/mol. The van der Waals surface area contributed by atoms with E-state index in [4.69, 9.17) is 10.2 Å². The van der Waals surface area contributed by atoms with Gasteiger partial charge in [-0.25, -0.2) is 4.79 Å². The van der Waals surface area contributed by atoms with Gasteiger partial charge in [-0.1, -0.05) is 0 Å². The molecule has 1 aromatic heterocycles. The van der Waals surface area contributed by atoms with E-state index in [9.17, 15) is 9.59 Å². The van der Waals surface area contributed by atoms with Gasteiger partial charge in [0, 0.05) is 6.08 Å². The lowest BCUT2D eigenvalue weighted by Crippen LogP contribution is -2.33. The van der Waals surface area contributed by atoms with Crippen LogP contribution in [0.2, 0.25) is 0 Å². The summed E-state index contributed by atoms with van der Waals surface area (Å²) in [6.45, 7) is 0. The highest BCUT2D eigenvalue weighted by Crippen LogP contribution is 2.01. The first-order valence-electron chi connectivity index (χ1n) is 3.50. The van der Waals surface area contributed by atoms with Crippen LogP contribution in [0.15, 0.2) is 28.9 Å². The van der Waals surface area contributed by atoms with Gasteiger partial charge in [-0.15, -0.1) is 0 Å². The Labute approximate surface area is 74.2 Å². The number of amides is 3. The lowest BCUT2D eigenvalue weighted by Gasteiger charge is -1.91. The minimum absolute atomic E-state index is 0.527. The number of carbonyl (C=O) groups excluding carboxylic acids is 2. The lowest BCUT2D eigenvalue weighted by atomic mass is 10.4. The second-order valence-electron chi connectivity index (χ2n) is 2.20. The van der Waals surface area contributed by atoms with Crippen LogP contribution in [0.5, 0.6) is 0 Å². The third-order valence-electron chi connectivity index (χ3n) is 1.19. The Kier molecular flexibility index (Phi) is 2.86. The number of urea groups is 1. The van der Waals surface area contributed by atoms with Gasteiger partial charge in [-0.3, -0.25) is 10.1 Å². The quantitative estimate of drug-likeness (QED) is 0.649. The molecule has 0 aliphatic carbocycles. The fourth-order valence-corrected chi connectivity index (χ4v) is 0.707. The number of hydrogen-bond donors (Lipinski definition) is 2. The molecule has 3 amide bonds. The van der Waals surface area contributed by atoms with E-state index in [0.29, 0.717) is 5.76 Å². The third-order valence-corrected chi connectivity index (χ3v) is 1.19. The Morgan fingerprint density at radius 1 is 1.54 bits per heavy atom. The molecule has 0 saturated heterocycles. The summed E-state index contributed by atoms with van der Waals surface area (Å²) >= 11 is 0. The molecule has 0 bridgehead atoms. The highest BCUT2D eigenvalue weighted by molar-refractivity contribution is 6.01. The van der Waals surface area contributed by atoms with E-state index in [0.717, 1.165) is 6.08 Å².